The normalized spacial score (nSPS) is 30.0. The molecule has 2 aromatic rings. The number of nitrogens with zero attached hydrogens (tertiary/aromatic N) is 2. The Bertz CT molecular complexity index is 926. The van der Waals surface area contributed by atoms with E-state index in [1.54, 1.807) is 6.20 Å². The number of ether oxygens (including phenoxy) is 2. The van der Waals surface area contributed by atoms with Gasteiger partial charge in [-0.05, 0) is 51.8 Å². The molecule has 3 aliphatic heterocycles. The average molecular weight is 378 g/mol. The number of carbonyl (C=O) groups excluding carboxylic acids is 1. The molecule has 2 fully saturated rings. The fourth-order valence-electron chi connectivity index (χ4n) is 5.15. The van der Waals surface area contributed by atoms with Crippen LogP contribution in [0.4, 0.5) is 0 Å². The predicted molar refractivity (Wildman–Crippen MR) is 105 cm³/mol. The van der Waals surface area contributed by atoms with Crippen LogP contribution >= 0.6 is 0 Å². The summed E-state index contributed by atoms with van der Waals surface area (Å²) in [6.07, 6.45) is 3.59. The second-order valence-corrected chi connectivity index (χ2v) is 8.67. The molecule has 0 spiro atoms. The van der Waals surface area contributed by atoms with E-state index < -0.39 is 0 Å². The minimum atomic E-state index is -0.342. The van der Waals surface area contributed by atoms with E-state index in [2.05, 4.69) is 24.9 Å². The number of fused-ring (bicyclic) bond motifs is 4. The molecule has 146 valence electrons. The molecule has 4 atom stereocenters. The van der Waals surface area contributed by atoms with Crippen molar-refractivity contribution in [3.05, 3.63) is 59.4 Å². The van der Waals surface area contributed by atoms with E-state index in [-0.39, 0.29) is 35.7 Å². The number of carbonyl (C=O) groups is 1. The highest BCUT2D eigenvalue weighted by molar-refractivity contribution is 5.95. The van der Waals surface area contributed by atoms with Crippen LogP contribution in [0, 0.1) is 12.8 Å². The Labute approximate surface area is 165 Å². The van der Waals surface area contributed by atoms with Gasteiger partial charge in [-0.15, -0.1) is 0 Å². The quantitative estimate of drug-likeness (QED) is 0.755. The van der Waals surface area contributed by atoms with E-state index in [1.165, 1.54) is 0 Å². The van der Waals surface area contributed by atoms with Crippen molar-refractivity contribution in [2.45, 2.75) is 57.5 Å². The van der Waals surface area contributed by atoms with E-state index in [0.717, 1.165) is 36.4 Å². The molecule has 0 saturated carbocycles. The third-order valence-electron chi connectivity index (χ3n) is 6.66. The maximum atomic E-state index is 13.2. The lowest BCUT2D eigenvalue weighted by Gasteiger charge is -2.50. The Morgan fingerprint density at radius 3 is 2.86 bits per heavy atom. The minimum absolute atomic E-state index is 0.0244. The molecule has 28 heavy (non-hydrogen) atoms. The smallest absolute Gasteiger partial charge is 0.256 e. The van der Waals surface area contributed by atoms with Gasteiger partial charge in [0.25, 0.3) is 5.91 Å². The van der Waals surface area contributed by atoms with Crippen molar-refractivity contribution in [1.29, 1.82) is 0 Å². The van der Waals surface area contributed by atoms with Gasteiger partial charge in [-0.2, -0.15) is 0 Å². The van der Waals surface area contributed by atoms with Crippen molar-refractivity contribution in [3.8, 4) is 5.75 Å². The first-order valence-corrected chi connectivity index (χ1v) is 10.1. The molecular formula is C23H26N2O3. The second-order valence-electron chi connectivity index (χ2n) is 8.67. The van der Waals surface area contributed by atoms with Crippen molar-refractivity contribution >= 4 is 5.91 Å². The molecule has 5 heteroatoms. The summed E-state index contributed by atoms with van der Waals surface area (Å²) in [5, 5.41) is 0. The first-order chi connectivity index (χ1) is 13.5. The van der Waals surface area contributed by atoms with E-state index in [0.29, 0.717) is 5.56 Å². The van der Waals surface area contributed by atoms with Gasteiger partial charge in [0.2, 0.25) is 0 Å². The number of aryl methyl sites for hydroxylation is 1. The lowest BCUT2D eigenvalue weighted by molar-refractivity contribution is -0.159. The van der Waals surface area contributed by atoms with Crippen LogP contribution in [0.25, 0.3) is 0 Å². The fourth-order valence-corrected chi connectivity index (χ4v) is 5.15. The Morgan fingerprint density at radius 2 is 2.04 bits per heavy atom. The highest BCUT2D eigenvalue weighted by Gasteiger charge is 2.53. The summed E-state index contributed by atoms with van der Waals surface area (Å²) in [5.41, 5.74) is 2.26. The molecule has 4 heterocycles. The number of benzene rings is 1. The molecule has 3 aliphatic rings. The lowest BCUT2D eigenvalue weighted by Crippen LogP contribution is -2.54. The van der Waals surface area contributed by atoms with Gasteiger partial charge in [-0.1, -0.05) is 18.2 Å². The van der Waals surface area contributed by atoms with Gasteiger partial charge in [-0.25, -0.2) is 0 Å². The Hall–Kier alpha value is -2.40. The Kier molecular flexibility index (Phi) is 3.98. The van der Waals surface area contributed by atoms with Gasteiger partial charge in [0, 0.05) is 29.9 Å². The van der Waals surface area contributed by atoms with Crippen molar-refractivity contribution in [2.24, 2.45) is 5.92 Å². The largest absolute Gasteiger partial charge is 0.487 e. The molecule has 2 saturated heterocycles. The Morgan fingerprint density at radius 1 is 1.21 bits per heavy atom. The summed E-state index contributed by atoms with van der Waals surface area (Å²) in [6.45, 7) is 6.89. The maximum absolute atomic E-state index is 13.2. The van der Waals surface area contributed by atoms with E-state index in [9.17, 15) is 4.79 Å². The molecular weight excluding hydrogens is 352 g/mol. The minimum Gasteiger partial charge on any atom is -0.487 e. The number of aromatic nitrogens is 1. The third kappa shape index (κ3) is 2.64. The summed E-state index contributed by atoms with van der Waals surface area (Å²) in [5.74, 6) is 1.19. The van der Waals surface area contributed by atoms with Crippen molar-refractivity contribution < 1.29 is 14.3 Å². The van der Waals surface area contributed by atoms with E-state index in [4.69, 9.17) is 9.47 Å². The summed E-state index contributed by atoms with van der Waals surface area (Å²) in [7, 11) is 0. The monoisotopic (exact) mass is 378 g/mol. The standard InChI is InChI=1S/C23H26N2O3/c1-14-15(8-6-11-24-14)22(26)25-12-10-20-18(25)13-17-21(27-20)16-7-4-5-9-19(16)28-23(17,2)3/h4-9,11,17-18,20-21H,10,12-13H2,1-3H3/t17-,18-,20-,21+/m1/s1. The number of rotatable bonds is 1. The third-order valence-corrected chi connectivity index (χ3v) is 6.66. The summed E-state index contributed by atoms with van der Waals surface area (Å²) in [4.78, 5) is 19.5. The zero-order chi connectivity index (χ0) is 19.5. The number of likely N-dealkylation sites (tertiary alicyclic amines) is 1. The SMILES string of the molecule is Cc1ncccc1C(=O)N1CC[C@H]2O[C@H]3c4ccccc4OC(C)(C)[C@@H]3C[C@H]21. The molecule has 5 nitrogen and oxygen atoms in total. The highest BCUT2D eigenvalue weighted by atomic mass is 16.5. The summed E-state index contributed by atoms with van der Waals surface area (Å²) >= 11 is 0. The number of pyridine rings is 1. The van der Waals surface area contributed by atoms with E-state index in [1.807, 2.05) is 42.2 Å². The molecule has 0 radical (unpaired) electrons. The van der Waals surface area contributed by atoms with Crippen molar-refractivity contribution in [2.75, 3.05) is 6.54 Å². The van der Waals surface area contributed by atoms with Gasteiger partial charge in [-0.3, -0.25) is 9.78 Å². The van der Waals surface area contributed by atoms with Gasteiger partial charge in [0.05, 0.1) is 23.8 Å². The van der Waals surface area contributed by atoms with Crippen LogP contribution in [0.1, 0.15) is 54.4 Å². The second kappa shape index (κ2) is 6.31. The van der Waals surface area contributed by atoms with Gasteiger partial charge < -0.3 is 14.4 Å². The molecule has 1 aromatic heterocycles. The van der Waals surface area contributed by atoms with Gasteiger partial charge in [0.1, 0.15) is 11.4 Å². The lowest BCUT2D eigenvalue weighted by atomic mass is 9.74. The molecule has 0 aliphatic carbocycles. The molecule has 1 amide bonds. The topological polar surface area (TPSA) is 51.7 Å². The Balaban J connectivity index is 1.46. The van der Waals surface area contributed by atoms with Gasteiger partial charge in [0.15, 0.2) is 0 Å². The number of hydrogen-bond acceptors (Lipinski definition) is 4. The molecule has 1 aromatic carbocycles. The average Bonchev–Trinajstić information content (AvgIpc) is 3.09. The zero-order valence-electron chi connectivity index (χ0n) is 16.6. The molecule has 0 unspecified atom stereocenters. The molecule has 5 rings (SSSR count). The highest BCUT2D eigenvalue weighted by Crippen LogP contribution is 2.52. The van der Waals surface area contributed by atoms with Crippen LogP contribution in [0.15, 0.2) is 42.6 Å². The maximum Gasteiger partial charge on any atom is 0.256 e. The van der Waals surface area contributed by atoms with Crippen LogP contribution in [0.3, 0.4) is 0 Å². The summed E-state index contributed by atoms with van der Waals surface area (Å²) < 4.78 is 13.0. The number of para-hydroxylation sites is 1. The van der Waals surface area contributed by atoms with Crippen molar-refractivity contribution in [1.82, 2.24) is 9.88 Å². The number of hydrogen-bond donors (Lipinski definition) is 0. The predicted octanol–water partition coefficient (Wildman–Crippen LogP) is 3.92. The van der Waals surface area contributed by atoms with Crippen LogP contribution in [0.2, 0.25) is 0 Å². The first-order valence-electron chi connectivity index (χ1n) is 10.1. The van der Waals surface area contributed by atoms with Crippen LogP contribution in [-0.4, -0.2) is 40.1 Å². The zero-order valence-corrected chi connectivity index (χ0v) is 16.6. The number of amides is 1. The molecule has 0 bridgehead atoms. The summed E-state index contributed by atoms with van der Waals surface area (Å²) in [6, 6.07) is 12.0. The van der Waals surface area contributed by atoms with Crippen LogP contribution in [-0.2, 0) is 4.74 Å². The van der Waals surface area contributed by atoms with Crippen LogP contribution < -0.4 is 4.74 Å². The van der Waals surface area contributed by atoms with Gasteiger partial charge >= 0.3 is 0 Å². The molecule has 0 N–H and O–H groups in total. The van der Waals surface area contributed by atoms with Crippen LogP contribution in [0.5, 0.6) is 5.75 Å². The van der Waals surface area contributed by atoms with Crippen molar-refractivity contribution in [3.63, 3.8) is 0 Å². The fraction of sp³-hybridized carbons (Fsp3) is 0.478. The van der Waals surface area contributed by atoms with E-state index >= 15 is 0 Å². The first kappa shape index (κ1) is 17.7.